The summed E-state index contributed by atoms with van der Waals surface area (Å²) in [4.78, 5) is 28.4. The molecule has 3 amide bonds. The molecule has 2 aromatic carbocycles. The second-order valence-corrected chi connectivity index (χ2v) is 7.40. The molecule has 2 fully saturated rings. The van der Waals surface area contributed by atoms with Gasteiger partial charge in [0.05, 0.1) is 5.56 Å². The number of nitrogens with zero attached hydrogens (tertiary/aromatic N) is 2. The minimum Gasteiger partial charge on any atom is -0.507 e. The molecule has 2 aliphatic heterocycles. The number of likely N-dealkylation sites (tertiary alicyclic amines) is 1. The van der Waals surface area contributed by atoms with Crippen molar-refractivity contribution in [2.75, 3.05) is 26.2 Å². The van der Waals surface area contributed by atoms with Crippen LogP contribution in [0.5, 0.6) is 11.5 Å². The average Bonchev–Trinajstić information content (AvgIpc) is 3.19. The fourth-order valence-corrected chi connectivity index (χ4v) is 3.90. The van der Waals surface area contributed by atoms with Crippen LogP contribution in [-0.2, 0) is 6.61 Å². The largest absolute Gasteiger partial charge is 0.507 e. The van der Waals surface area contributed by atoms with E-state index in [2.05, 4.69) is 5.32 Å². The first kappa shape index (κ1) is 19.1. The summed E-state index contributed by atoms with van der Waals surface area (Å²) in [6.45, 7) is 2.91. The lowest BCUT2D eigenvalue weighted by Gasteiger charge is -2.36. The normalized spacial score (nSPS) is 17.3. The van der Waals surface area contributed by atoms with Gasteiger partial charge >= 0.3 is 6.03 Å². The van der Waals surface area contributed by atoms with E-state index in [1.807, 2.05) is 35.2 Å². The number of hydrogen-bond acceptors (Lipinski definition) is 4. The Kier molecular flexibility index (Phi) is 5.55. The number of ether oxygens (including phenoxy) is 1. The van der Waals surface area contributed by atoms with Crippen molar-refractivity contribution < 1.29 is 19.4 Å². The molecule has 2 aliphatic rings. The lowest BCUT2D eigenvalue weighted by Crippen LogP contribution is -2.47. The van der Waals surface area contributed by atoms with E-state index in [9.17, 15) is 14.7 Å². The second-order valence-electron chi connectivity index (χ2n) is 7.40. The third kappa shape index (κ3) is 4.29. The van der Waals surface area contributed by atoms with Gasteiger partial charge in [0.15, 0.2) is 0 Å². The summed E-state index contributed by atoms with van der Waals surface area (Å²) >= 11 is 0. The molecule has 2 saturated heterocycles. The Hall–Kier alpha value is -3.22. The van der Waals surface area contributed by atoms with Gasteiger partial charge in [-0.2, -0.15) is 0 Å². The maximum absolute atomic E-state index is 13.0. The number of rotatable bonds is 5. The third-order valence-electron chi connectivity index (χ3n) is 5.53. The second kappa shape index (κ2) is 8.43. The van der Waals surface area contributed by atoms with Gasteiger partial charge in [0.2, 0.25) is 0 Å². The first-order valence-corrected chi connectivity index (χ1v) is 9.95. The summed E-state index contributed by atoms with van der Waals surface area (Å²) in [5.74, 6) is 0.277. The number of phenols is 1. The van der Waals surface area contributed by atoms with Gasteiger partial charge in [-0.25, -0.2) is 4.79 Å². The zero-order valence-electron chi connectivity index (χ0n) is 16.2. The SMILES string of the molecule is O=C(c1cc(OCc2ccccc2)ccc1O)N1CCC(N2CCNC2=O)CC1. The van der Waals surface area contributed by atoms with Crippen LogP contribution < -0.4 is 10.1 Å². The highest BCUT2D eigenvalue weighted by Crippen LogP contribution is 2.27. The van der Waals surface area contributed by atoms with Gasteiger partial charge in [0.1, 0.15) is 18.1 Å². The number of piperidine rings is 1. The van der Waals surface area contributed by atoms with Crippen molar-refractivity contribution in [3.63, 3.8) is 0 Å². The highest BCUT2D eigenvalue weighted by molar-refractivity contribution is 5.97. The van der Waals surface area contributed by atoms with E-state index < -0.39 is 0 Å². The first-order chi connectivity index (χ1) is 14.1. The fraction of sp³-hybridized carbons (Fsp3) is 0.364. The number of hydrogen-bond donors (Lipinski definition) is 2. The van der Waals surface area contributed by atoms with Crippen LogP contribution in [-0.4, -0.2) is 59.1 Å². The smallest absolute Gasteiger partial charge is 0.317 e. The molecule has 2 heterocycles. The van der Waals surface area contributed by atoms with Gasteiger partial charge in [0.25, 0.3) is 5.91 Å². The topological polar surface area (TPSA) is 82.1 Å². The molecule has 0 aromatic heterocycles. The molecule has 0 aliphatic carbocycles. The van der Waals surface area contributed by atoms with E-state index >= 15 is 0 Å². The van der Waals surface area contributed by atoms with Crippen LogP contribution in [0.4, 0.5) is 4.79 Å². The predicted octanol–water partition coefficient (Wildman–Crippen LogP) is 2.60. The molecular formula is C22H25N3O4. The number of carbonyl (C=O) groups excluding carboxylic acids is 2. The third-order valence-corrected chi connectivity index (χ3v) is 5.53. The van der Waals surface area contributed by atoms with Crippen LogP contribution in [0.15, 0.2) is 48.5 Å². The molecule has 2 N–H and O–H groups in total. The number of aromatic hydroxyl groups is 1. The van der Waals surface area contributed by atoms with Crippen molar-refractivity contribution >= 4 is 11.9 Å². The molecule has 4 rings (SSSR count). The highest BCUT2D eigenvalue weighted by atomic mass is 16.5. The summed E-state index contributed by atoms with van der Waals surface area (Å²) in [7, 11) is 0. The van der Waals surface area contributed by atoms with Gasteiger partial charge in [-0.1, -0.05) is 30.3 Å². The number of nitrogens with one attached hydrogen (secondary N) is 1. The van der Waals surface area contributed by atoms with Crippen LogP contribution in [0.3, 0.4) is 0 Å². The number of urea groups is 1. The Labute approximate surface area is 169 Å². The van der Waals surface area contributed by atoms with E-state index in [0.717, 1.165) is 24.9 Å². The van der Waals surface area contributed by atoms with E-state index in [-0.39, 0.29) is 29.3 Å². The molecule has 7 nitrogen and oxygen atoms in total. The molecule has 0 spiro atoms. The molecule has 29 heavy (non-hydrogen) atoms. The van der Waals surface area contributed by atoms with Crippen LogP contribution in [0, 0.1) is 0 Å². The van der Waals surface area contributed by atoms with Gasteiger partial charge < -0.3 is 25.0 Å². The number of benzene rings is 2. The lowest BCUT2D eigenvalue weighted by molar-refractivity contribution is 0.0662. The Bertz CT molecular complexity index is 879. The molecule has 0 atom stereocenters. The Morgan fingerprint density at radius 3 is 2.55 bits per heavy atom. The van der Waals surface area contributed by atoms with Crippen LogP contribution in [0.1, 0.15) is 28.8 Å². The van der Waals surface area contributed by atoms with Crippen molar-refractivity contribution in [3.8, 4) is 11.5 Å². The molecule has 0 radical (unpaired) electrons. The minimum absolute atomic E-state index is 0.0179. The maximum atomic E-state index is 13.0. The highest BCUT2D eigenvalue weighted by Gasteiger charge is 2.32. The minimum atomic E-state index is -0.211. The number of phenolic OH excluding ortho intramolecular Hbond substituents is 1. The van der Waals surface area contributed by atoms with Gasteiger partial charge in [-0.3, -0.25) is 4.79 Å². The van der Waals surface area contributed by atoms with E-state index in [0.29, 0.717) is 32.0 Å². The van der Waals surface area contributed by atoms with Crippen LogP contribution in [0.2, 0.25) is 0 Å². The standard InChI is InChI=1S/C22H25N3O4/c26-20-7-6-18(29-15-16-4-2-1-3-5-16)14-19(20)21(27)24-11-8-17(9-12-24)25-13-10-23-22(25)28/h1-7,14,17,26H,8-13,15H2,(H,23,28). The molecule has 0 unspecified atom stereocenters. The number of carbonyl (C=O) groups is 2. The molecule has 0 saturated carbocycles. The summed E-state index contributed by atoms with van der Waals surface area (Å²) < 4.78 is 5.79. The average molecular weight is 395 g/mol. The molecular weight excluding hydrogens is 370 g/mol. The van der Waals surface area contributed by atoms with Gasteiger partial charge in [-0.05, 0) is 36.6 Å². The summed E-state index contributed by atoms with van der Waals surface area (Å²) in [5, 5.41) is 13.0. The fourth-order valence-electron chi connectivity index (χ4n) is 3.90. The summed E-state index contributed by atoms with van der Waals surface area (Å²) in [6, 6.07) is 14.7. The zero-order chi connectivity index (χ0) is 20.2. The first-order valence-electron chi connectivity index (χ1n) is 9.95. The molecule has 0 bridgehead atoms. The number of amides is 3. The van der Waals surface area contributed by atoms with Crippen molar-refractivity contribution in [3.05, 3.63) is 59.7 Å². The zero-order valence-corrected chi connectivity index (χ0v) is 16.2. The monoisotopic (exact) mass is 395 g/mol. The predicted molar refractivity (Wildman–Crippen MR) is 108 cm³/mol. The molecule has 152 valence electrons. The van der Waals surface area contributed by atoms with E-state index in [1.165, 1.54) is 6.07 Å². The Morgan fingerprint density at radius 2 is 1.86 bits per heavy atom. The van der Waals surface area contributed by atoms with E-state index in [1.54, 1.807) is 17.0 Å². The summed E-state index contributed by atoms with van der Waals surface area (Å²) in [5.41, 5.74) is 1.27. The Morgan fingerprint density at radius 1 is 1.10 bits per heavy atom. The summed E-state index contributed by atoms with van der Waals surface area (Å²) in [6.07, 6.45) is 1.48. The van der Waals surface area contributed by atoms with E-state index in [4.69, 9.17) is 4.74 Å². The van der Waals surface area contributed by atoms with Crippen LogP contribution >= 0.6 is 0 Å². The lowest BCUT2D eigenvalue weighted by atomic mass is 10.0. The van der Waals surface area contributed by atoms with Gasteiger partial charge in [0, 0.05) is 32.2 Å². The van der Waals surface area contributed by atoms with Crippen molar-refractivity contribution in [1.82, 2.24) is 15.1 Å². The van der Waals surface area contributed by atoms with Crippen molar-refractivity contribution in [1.29, 1.82) is 0 Å². The maximum Gasteiger partial charge on any atom is 0.317 e. The Balaban J connectivity index is 1.38. The van der Waals surface area contributed by atoms with Crippen molar-refractivity contribution in [2.45, 2.75) is 25.5 Å². The van der Waals surface area contributed by atoms with Crippen LogP contribution in [0.25, 0.3) is 0 Å². The quantitative estimate of drug-likeness (QED) is 0.815. The molecule has 2 aromatic rings. The molecule has 7 heteroatoms. The van der Waals surface area contributed by atoms with Crippen molar-refractivity contribution in [2.24, 2.45) is 0 Å². The van der Waals surface area contributed by atoms with Gasteiger partial charge in [-0.15, -0.1) is 0 Å².